The zero-order chi connectivity index (χ0) is 22.3. The Bertz CT molecular complexity index is 1230. The maximum atomic E-state index is 12.9. The number of aromatic nitrogens is 2. The van der Waals surface area contributed by atoms with Gasteiger partial charge in [-0.05, 0) is 35.4 Å². The third-order valence-corrected chi connectivity index (χ3v) is 5.42. The number of nitrogens with two attached hydrogens (primary N) is 2. The minimum atomic E-state index is -4.66. The minimum absolute atomic E-state index is 0.167. The molecule has 1 aromatic heterocycles. The van der Waals surface area contributed by atoms with Crippen molar-refractivity contribution in [2.45, 2.75) is 17.0 Å². The number of sulfonamides is 1. The molecule has 158 valence electrons. The second-order valence-electron chi connectivity index (χ2n) is 6.33. The van der Waals surface area contributed by atoms with Gasteiger partial charge < -0.3 is 5.73 Å². The normalized spacial score (nSPS) is 13.2. The Labute approximate surface area is 174 Å². The summed E-state index contributed by atoms with van der Waals surface area (Å²) in [6, 6.07) is 9.87. The van der Waals surface area contributed by atoms with E-state index in [2.05, 4.69) is 5.10 Å². The highest BCUT2D eigenvalue weighted by Gasteiger charge is 2.33. The van der Waals surface area contributed by atoms with Crippen LogP contribution < -0.4 is 10.9 Å². The number of carbonyl (C=O) groups excluding carboxylic acids is 1. The van der Waals surface area contributed by atoms with Crippen LogP contribution in [0.25, 0.3) is 5.69 Å². The topological polar surface area (TPSA) is 121 Å². The Morgan fingerprint density at radius 3 is 2.33 bits per heavy atom. The lowest BCUT2D eigenvalue weighted by atomic mass is 9.90. The number of hydrogen-bond acceptors (Lipinski definition) is 4. The summed E-state index contributed by atoms with van der Waals surface area (Å²) < 4.78 is 63.6. The van der Waals surface area contributed by atoms with Crippen LogP contribution in [0.5, 0.6) is 0 Å². The van der Waals surface area contributed by atoms with E-state index in [9.17, 15) is 26.4 Å². The molecule has 12 heteroatoms. The molecule has 30 heavy (non-hydrogen) atoms. The molecular weight excluding hydrogens is 445 g/mol. The van der Waals surface area contributed by atoms with Crippen molar-refractivity contribution in [3.05, 3.63) is 76.6 Å². The monoisotopic (exact) mass is 458 g/mol. The number of halogens is 4. The minimum Gasteiger partial charge on any atom is -0.369 e. The lowest BCUT2D eigenvalue weighted by Crippen LogP contribution is -2.23. The first-order valence-electron chi connectivity index (χ1n) is 8.21. The van der Waals surface area contributed by atoms with Crippen LogP contribution in [0.3, 0.4) is 0 Å². The molecular formula is C18H14ClF3N4O3S. The third-order valence-electron chi connectivity index (χ3n) is 4.25. The van der Waals surface area contributed by atoms with Crippen molar-refractivity contribution in [1.82, 2.24) is 9.78 Å². The molecule has 0 fully saturated rings. The van der Waals surface area contributed by atoms with E-state index in [0.29, 0.717) is 23.0 Å². The van der Waals surface area contributed by atoms with Crippen LogP contribution in [-0.2, 0) is 21.0 Å². The number of alkyl halides is 3. The third kappa shape index (κ3) is 4.48. The molecule has 4 N–H and O–H groups in total. The van der Waals surface area contributed by atoms with Crippen molar-refractivity contribution in [3.63, 3.8) is 0 Å². The van der Waals surface area contributed by atoms with Gasteiger partial charge in [0.1, 0.15) is 4.90 Å². The molecule has 0 bridgehead atoms. The van der Waals surface area contributed by atoms with Gasteiger partial charge in [-0.3, -0.25) is 4.79 Å². The van der Waals surface area contributed by atoms with E-state index in [4.69, 9.17) is 22.5 Å². The van der Waals surface area contributed by atoms with Gasteiger partial charge in [-0.1, -0.05) is 29.8 Å². The zero-order valence-electron chi connectivity index (χ0n) is 15.0. The summed E-state index contributed by atoms with van der Waals surface area (Å²) in [7, 11) is -4.40. The van der Waals surface area contributed by atoms with Gasteiger partial charge in [0.25, 0.3) is 0 Å². The molecule has 1 heterocycles. The average molecular weight is 459 g/mol. The molecule has 1 atom stereocenters. The highest BCUT2D eigenvalue weighted by molar-refractivity contribution is 7.89. The number of benzene rings is 2. The zero-order valence-corrected chi connectivity index (χ0v) is 16.5. The molecule has 2 aromatic carbocycles. The maximum Gasteiger partial charge on any atom is 0.419 e. The van der Waals surface area contributed by atoms with E-state index in [1.807, 2.05) is 0 Å². The summed E-state index contributed by atoms with van der Waals surface area (Å²) in [5.41, 5.74) is 4.79. The second kappa shape index (κ2) is 7.74. The predicted molar refractivity (Wildman–Crippen MR) is 102 cm³/mol. The van der Waals surface area contributed by atoms with Crippen molar-refractivity contribution in [2.24, 2.45) is 10.9 Å². The Hall–Kier alpha value is -2.89. The highest BCUT2D eigenvalue weighted by Crippen LogP contribution is 2.32. The van der Waals surface area contributed by atoms with Gasteiger partial charge in [-0.2, -0.15) is 18.3 Å². The molecule has 0 radical (unpaired) electrons. The maximum absolute atomic E-state index is 12.9. The van der Waals surface area contributed by atoms with Gasteiger partial charge in [-0.25, -0.2) is 18.2 Å². The van der Waals surface area contributed by atoms with E-state index in [1.165, 1.54) is 18.2 Å². The first-order chi connectivity index (χ1) is 13.9. The number of amides is 1. The molecule has 1 amide bonds. The molecule has 0 aliphatic carbocycles. The number of rotatable bonds is 5. The van der Waals surface area contributed by atoms with Crippen LogP contribution in [-0.4, -0.2) is 24.1 Å². The molecule has 0 saturated heterocycles. The number of primary amides is 1. The van der Waals surface area contributed by atoms with Crippen molar-refractivity contribution < 1.29 is 26.4 Å². The van der Waals surface area contributed by atoms with Crippen LogP contribution in [0.4, 0.5) is 13.2 Å². The SMILES string of the molecule is NC(=O)C(c1cccc(Cl)c1)c1ccc(-n2cc(C(F)(F)F)cn2)c(S(N)(=O)=O)c1. The summed E-state index contributed by atoms with van der Waals surface area (Å²) in [6.07, 6.45) is -3.48. The lowest BCUT2D eigenvalue weighted by molar-refractivity contribution is -0.137. The molecule has 0 aliphatic rings. The van der Waals surface area contributed by atoms with Crippen molar-refractivity contribution in [3.8, 4) is 5.69 Å². The molecule has 3 rings (SSSR count). The van der Waals surface area contributed by atoms with Crippen molar-refractivity contribution in [2.75, 3.05) is 0 Å². The van der Waals surface area contributed by atoms with E-state index < -0.39 is 38.5 Å². The van der Waals surface area contributed by atoms with Gasteiger partial charge in [0.05, 0.1) is 23.4 Å². The van der Waals surface area contributed by atoms with Crippen LogP contribution in [0.1, 0.15) is 22.6 Å². The summed E-state index contributed by atoms with van der Waals surface area (Å²) in [5.74, 6) is -1.86. The first-order valence-corrected chi connectivity index (χ1v) is 10.1. The van der Waals surface area contributed by atoms with Crippen LogP contribution in [0, 0.1) is 0 Å². The van der Waals surface area contributed by atoms with Crippen LogP contribution in [0.15, 0.2) is 59.8 Å². The number of primary sulfonamides is 1. The van der Waals surface area contributed by atoms with Crippen LogP contribution in [0.2, 0.25) is 5.02 Å². The summed E-state index contributed by atoms with van der Waals surface area (Å²) in [6.45, 7) is 0. The fraction of sp³-hybridized carbons (Fsp3) is 0.111. The molecule has 0 spiro atoms. The Kier molecular flexibility index (Phi) is 5.63. The fourth-order valence-corrected chi connectivity index (χ4v) is 3.89. The fourth-order valence-electron chi connectivity index (χ4n) is 2.94. The molecule has 0 aliphatic heterocycles. The summed E-state index contributed by atoms with van der Waals surface area (Å²) in [4.78, 5) is 11.6. The van der Waals surface area contributed by atoms with E-state index in [1.54, 1.807) is 18.2 Å². The largest absolute Gasteiger partial charge is 0.419 e. The quantitative estimate of drug-likeness (QED) is 0.610. The predicted octanol–water partition coefficient (Wildman–Crippen LogP) is 2.81. The van der Waals surface area contributed by atoms with E-state index in [0.717, 1.165) is 10.7 Å². The van der Waals surface area contributed by atoms with Gasteiger partial charge in [0.2, 0.25) is 15.9 Å². The molecule has 7 nitrogen and oxygen atoms in total. The standard InChI is InChI=1S/C18H14ClF3N4O3S/c19-13-3-1-2-10(6-13)16(17(23)27)11-4-5-14(15(7-11)30(24,28)29)26-9-12(8-25-26)18(20,21)22/h1-9,16H,(H2,23,27)(H2,24,28,29). The second-order valence-corrected chi connectivity index (χ2v) is 8.30. The van der Waals surface area contributed by atoms with Crippen LogP contribution >= 0.6 is 11.6 Å². The number of hydrogen-bond donors (Lipinski definition) is 2. The summed E-state index contributed by atoms with van der Waals surface area (Å²) in [5, 5.41) is 9.17. The Morgan fingerprint density at radius 2 is 1.80 bits per heavy atom. The molecule has 3 aromatic rings. The highest BCUT2D eigenvalue weighted by atomic mass is 35.5. The Morgan fingerprint density at radius 1 is 1.13 bits per heavy atom. The van der Waals surface area contributed by atoms with Crippen molar-refractivity contribution in [1.29, 1.82) is 0 Å². The summed E-state index contributed by atoms with van der Waals surface area (Å²) >= 11 is 5.96. The lowest BCUT2D eigenvalue weighted by Gasteiger charge is -2.17. The Balaban J connectivity index is 2.18. The molecule has 0 saturated carbocycles. The van der Waals surface area contributed by atoms with Gasteiger partial charge in [0.15, 0.2) is 0 Å². The number of carbonyl (C=O) groups is 1. The van der Waals surface area contributed by atoms with Gasteiger partial charge in [0, 0.05) is 11.2 Å². The smallest absolute Gasteiger partial charge is 0.369 e. The number of nitrogens with zero attached hydrogens (tertiary/aromatic N) is 2. The van der Waals surface area contributed by atoms with Gasteiger partial charge >= 0.3 is 6.18 Å². The van der Waals surface area contributed by atoms with E-state index >= 15 is 0 Å². The van der Waals surface area contributed by atoms with E-state index in [-0.39, 0.29) is 11.3 Å². The van der Waals surface area contributed by atoms with Crippen molar-refractivity contribution >= 4 is 27.5 Å². The van der Waals surface area contributed by atoms with Gasteiger partial charge in [-0.15, -0.1) is 0 Å². The molecule has 1 unspecified atom stereocenters. The average Bonchev–Trinajstić information content (AvgIpc) is 3.11. The first kappa shape index (κ1) is 21.8.